The van der Waals surface area contributed by atoms with Crippen molar-refractivity contribution in [1.29, 1.82) is 0 Å². The third-order valence-corrected chi connectivity index (χ3v) is 1.88. The Morgan fingerprint density at radius 2 is 0.769 bits per heavy atom. The van der Waals surface area contributed by atoms with E-state index in [2.05, 4.69) is 48.5 Å². The molecule has 0 saturated carbocycles. The van der Waals surface area contributed by atoms with Gasteiger partial charge in [-0.25, -0.2) is 0 Å². The Labute approximate surface area is 97.7 Å². The van der Waals surface area contributed by atoms with Gasteiger partial charge in [0.25, 0.3) is 0 Å². The summed E-state index contributed by atoms with van der Waals surface area (Å²) in [5.41, 5.74) is 2.55. The predicted molar refractivity (Wildman–Crippen MR) is 61.8 cm³/mol. The van der Waals surface area contributed by atoms with Crippen molar-refractivity contribution < 1.29 is 0 Å². The van der Waals surface area contributed by atoms with Gasteiger partial charge < -0.3 is 0 Å². The first kappa shape index (κ1) is 10.4. The van der Waals surface area contributed by atoms with Crippen molar-refractivity contribution in [3.05, 3.63) is 60.7 Å². The summed E-state index contributed by atoms with van der Waals surface area (Å²) in [5.74, 6) is 0. The zero-order valence-electron chi connectivity index (χ0n) is 7.48. The zero-order chi connectivity index (χ0) is 8.23. The van der Waals surface area contributed by atoms with Crippen molar-refractivity contribution in [2.24, 2.45) is 0 Å². The maximum Gasteiger partial charge on any atom is -0.0184 e. The van der Waals surface area contributed by atoms with Gasteiger partial charge in [-0.05, 0) is 11.1 Å². The smallest absolute Gasteiger partial charge is 0.0184 e. The Kier molecular flexibility index (Phi) is 4.11. The molecule has 0 fully saturated rings. The second-order valence-corrected chi connectivity index (χ2v) is 2.73. The Morgan fingerprint density at radius 3 is 1.08 bits per heavy atom. The normalized spacial score (nSPS) is 8.92. The Bertz CT molecular complexity index is 303. The van der Waals surface area contributed by atoms with Gasteiger partial charge in [0.15, 0.2) is 0 Å². The van der Waals surface area contributed by atoms with E-state index in [1.165, 1.54) is 11.1 Å². The average Bonchev–Trinajstić information content (AvgIpc) is 2.21. The second-order valence-electron chi connectivity index (χ2n) is 2.73. The molecule has 0 nitrogen and oxygen atoms in total. The molecule has 1 heteroatoms. The molecule has 0 radical (unpaired) electrons. The minimum Gasteiger partial charge on any atom is -0.0622 e. The second kappa shape index (κ2) is 5.14. The molecule has 66 valence electrons. The van der Waals surface area contributed by atoms with Crippen LogP contribution in [-0.2, 0) is 0 Å². The summed E-state index contributed by atoms with van der Waals surface area (Å²) in [5, 5.41) is 0. The molecular weight excluding hydrogens is 353 g/mol. The van der Waals surface area contributed by atoms with E-state index >= 15 is 0 Å². The summed E-state index contributed by atoms with van der Waals surface area (Å²) < 4.78 is 0. The minimum atomic E-state index is 0. The van der Waals surface area contributed by atoms with Gasteiger partial charge in [-0.15, -0.1) is 0 Å². The van der Waals surface area contributed by atoms with E-state index in [1.54, 1.807) is 0 Å². The monoisotopic (exact) mass is 366 g/mol. The van der Waals surface area contributed by atoms with Crippen molar-refractivity contribution in [2.75, 3.05) is 0 Å². The van der Waals surface area contributed by atoms with Crippen LogP contribution in [0.2, 0.25) is 0 Å². The SMILES string of the molecule is [BiH3].c1ccc(-c2ccccc2)cc1. The van der Waals surface area contributed by atoms with Crippen LogP contribution in [0.1, 0.15) is 0 Å². The van der Waals surface area contributed by atoms with Crippen molar-refractivity contribution in [3.63, 3.8) is 0 Å². The Morgan fingerprint density at radius 1 is 0.462 bits per heavy atom. The molecule has 2 aromatic carbocycles. The van der Waals surface area contributed by atoms with E-state index in [0.29, 0.717) is 0 Å². The van der Waals surface area contributed by atoms with E-state index < -0.39 is 0 Å². The molecule has 0 aliphatic carbocycles. The molecule has 2 aromatic rings. The summed E-state index contributed by atoms with van der Waals surface area (Å²) in [6.07, 6.45) is 0. The Hall–Kier alpha value is -0.677. The fourth-order valence-electron chi connectivity index (χ4n) is 1.26. The number of hydrogen-bond donors (Lipinski definition) is 0. The van der Waals surface area contributed by atoms with Gasteiger partial charge in [0.1, 0.15) is 0 Å². The first-order chi connectivity index (χ1) is 5.97. The summed E-state index contributed by atoms with van der Waals surface area (Å²) >= 11 is 0. The van der Waals surface area contributed by atoms with Crippen LogP contribution in [0, 0.1) is 0 Å². The van der Waals surface area contributed by atoms with Crippen molar-refractivity contribution in [1.82, 2.24) is 0 Å². The van der Waals surface area contributed by atoms with E-state index in [-0.39, 0.29) is 26.2 Å². The van der Waals surface area contributed by atoms with E-state index in [4.69, 9.17) is 0 Å². The molecule has 0 N–H and O–H groups in total. The van der Waals surface area contributed by atoms with Gasteiger partial charge in [-0.2, -0.15) is 0 Å². The molecule has 0 aliphatic heterocycles. The van der Waals surface area contributed by atoms with Crippen LogP contribution in [-0.4, -0.2) is 26.2 Å². The van der Waals surface area contributed by atoms with E-state index in [0.717, 1.165) is 0 Å². The quantitative estimate of drug-likeness (QED) is 0.679. The third kappa shape index (κ3) is 2.64. The predicted octanol–water partition coefficient (Wildman–Crippen LogP) is 2.17. The third-order valence-electron chi connectivity index (χ3n) is 1.88. The average molecular weight is 366 g/mol. The molecule has 0 unspecified atom stereocenters. The first-order valence-electron chi connectivity index (χ1n) is 4.07. The van der Waals surface area contributed by atoms with Crippen LogP contribution >= 0.6 is 0 Å². The summed E-state index contributed by atoms with van der Waals surface area (Å²) in [7, 11) is 0. The van der Waals surface area contributed by atoms with Crippen LogP contribution in [0.15, 0.2) is 60.7 Å². The number of hydrogen-bond acceptors (Lipinski definition) is 0. The van der Waals surface area contributed by atoms with E-state index in [1.807, 2.05) is 12.1 Å². The maximum atomic E-state index is 2.12. The van der Waals surface area contributed by atoms with E-state index in [9.17, 15) is 0 Å². The van der Waals surface area contributed by atoms with Gasteiger partial charge in [0, 0.05) is 0 Å². The summed E-state index contributed by atoms with van der Waals surface area (Å²) in [6, 6.07) is 20.8. The van der Waals surface area contributed by atoms with Gasteiger partial charge in [-0.3, -0.25) is 0 Å². The largest absolute Gasteiger partial charge is 0.0622 e. The molecular formula is C12H13Bi. The molecule has 0 bridgehead atoms. The first-order valence-corrected chi connectivity index (χ1v) is 4.07. The molecule has 2 rings (SSSR count). The molecule has 0 amide bonds. The number of benzene rings is 2. The fourth-order valence-corrected chi connectivity index (χ4v) is 1.26. The van der Waals surface area contributed by atoms with Crippen molar-refractivity contribution in [2.45, 2.75) is 0 Å². The molecule has 0 heterocycles. The van der Waals surface area contributed by atoms with Gasteiger partial charge in [0.2, 0.25) is 0 Å². The van der Waals surface area contributed by atoms with Crippen molar-refractivity contribution in [3.8, 4) is 11.1 Å². The van der Waals surface area contributed by atoms with Gasteiger partial charge >= 0.3 is 26.2 Å². The summed E-state index contributed by atoms with van der Waals surface area (Å²) in [4.78, 5) is 0. The molecule has 0 aromatic heterocycles. The van der Waals surface area contributed by atoms with Crippen LogP contribution < -0.4 is 0 Å². The molecule has 13 heavy (non-hydrogen) atoms. The van der Waals surface area contributed by atoms with Crippen molar-refractivity contribution >= 4 is 26.2 Å². The van der Waals surface area contributed by atoms with Crippen LogP contribution in [0.25, 0.3) is 11.1 Å². The van der Waals surface area contributed by atoms with Gasteiger partial charge in [0.05, 0.1) is 0 Å². The maximum absolute atomic E-state index is 2.12. The van der Waals surface area contributed by atoms with Crippen LogP contribution in [0.5, 0.6) is 0 Å². The summed E-state index contributed by atoms with van der Waals surface area (Å²) in [6.45, 7) is 0. The minimum absolute atomic E-state index is 0. The van der Waals surface area contributed by atoms with Crippen LogP contribution in [0.4, 0.5) is 0 Å². The van der Waals surface area contributed by atoms with Crippen LogP contribution in [0.3, 0.4) is 0 Å². The Balaban J connectivity index is 0.000000845. The topological polar surface area (TPSA) is 0 Å². The van der Waals surface area contributed by atoms with Gasteiger partial charge in [-0.1, -0.05) is 60.7 Å². The molecule has 0 atom stereocenters. The molecule has 0 saturated heterocycles. The molecule has 0 aliphatic rings. The standard InChI is InChI=1S/C12H10.Bi.3H/c1-3-7-11(8-4-1)12-9-5-2-6-10-12;;;;/h1-10H;;;;. The number of rotatable bonds is 1. The fraction of sp³-hybridized carbons (Fsp3) is 0. The zero-order valence-corrected chi connectivity index (χ0v) is 13.0. The molecule has 0 spiro atoms.